The SMILES string of the molecule is CC(C)CNCc1cnc(Sc2ncns2)nc1. The van der Waals surface area contributed by atoms with Crippen molar-refractivity contribution < 1.29 is 0 Å². The molecule has 0 aromatic carbocycles. The number of hydrogen-bond acceptors (Lipinski definition) is 7. The molecule has 2 heterocycles. The zero-order chi connectivity index (χ0) is 12.8. The molecule has 1 N–H and O–H groups in total. The lowest BCUT2D eigenvalue weighted by Crippen LogP contribution is -2.19. The van der Waals surface area contributed by atoms with Crippen LogP contribution in [-0.4, -0.2) is 25.9 Å². The summed E-state index contributed by atoms with van der Waals surface area (Å²) in [4.78, 5) is 12.7. The summed E-state index contributed by atoms with van der Waals surface area (Å²) in [7, 11) is 0. The first-order valence-electron chi connectivity index (χ1n) is 5.70. The second-order valence-electron chi connectivity index (χ2n) is 4.21. The van der Waals surface area contributed by atoms with Gasteiger partial charge in [-0.2, -0.15) is 4.37 Å². The van der Waals surface area contributed by atoms with Gasteiger partial charge >= 0.3 is 0 Å². The van der Waals surface area contributed by atoms with Crippen molar-refractivity contribution in [2.45, 2.75) is 29.9 Å². The summed E-state index contributed by atoms with van der Waals surface area (Å²) >= 11 is 2.78. The molecule has 0 spiro atoms. The smallest absolute Gasteiger partial charge is 0.194 e. The van der Waals surface area contributed by atoms with E-state index in [1.165, 1.54) is 29.6 Å². The van der Waals surface area contributed by atoms with Gasteiger partial charge in [0.2, 0.25) is 0 Å². The van der Waals surface area contributed by atoms with E-state index in [2.05, 4.69) is 38.5 Å². The van der Waals surface area contributed by atoms with Gasteiger partial charge in [-0.3, -0.25) is 0 Å². The van der Waals surface area contributed by atoms with E-state index < -0.39 is 0 Å². The molecule has 0 radical (unpaired) electrons. The van der Waals surface area contributed by atoms with Crippen LogP contribution in [0.1, 0.15) is 19.4 Å². The molecule has 0 atom stereocenters. The molecule has 0 saturated carbocycles. The molecular weight excluding hydrogens is 266 g/mol. The highest BCUT2D eigenvalue weighted by atomic mass is 32.2. The van der Waals surface area contributed by atoms with E-state index >= 15 is 0 Å². The van der Waals surface area contributed by atoms with Gasteiger partial charge in [-0.25, -0.2) is 15.0 Å². The van der Waals surface area contributed by atoms with Gasteiger partial charge in [-0.15, -0.1) is 0 Å². The highest BCUT2D eigenvalue weighted by Crippen LogP contribution is 2.24. The first-order chi connectivity index (χ1) is 8.74. The standard InChI is InChI=1S/C11H15N5S2/c1-8(2)3-12-4-9-5-13-10(14-6-9)17-11-15-7-16-18-11/h5-8,12H,3-4H2,1-2H3. The summed E-state index contributed by atoms with van der Waals surface area (Å²) < 4.78 is 4.80. The molecule has 0 aliphatic rings. The molecule has 7 heteroatoms. The van der Waals surface area contributed by atoms with Crippen LogP contribution in [0.15, 0.2) is 28.2 Å². The summed E-state index contributed by atoms with van der Waals surface area (Å²) in [5, 5.41) is 4.07. The fraction of sp³-hybridized carbons (Fsp3) is 0.455. The normalized spacial score (nSPS) is 11.1. The van der Waals surface area contributed by atoms with Crippen molar-refractivity contribution in [3.8, 4) is 0 Å². The van der Waals surface area contributed by atoms with Gasteiger partial charge < -0.3 is 5.32 Å². The highest BCUT2D eigenvalue weighted by Gasteiger charge is 2.03. The highest BCUT2D eigenvalue weighted by molar-refractivity contribution is 8.00. The molecule has 0 aliphatic carbocycles. The predicted molar refractivity (Wildman–Crippen MR) is 72.6 cm³/mol. The van der Waals surface area contributed by atoms with Gasteiger partial charge in [0.1, 0.15) is 6.33 Å². The van der Waals surface area contributed by atoms with Crippen molar-refractivity contribution in [2.75, 3.05) is 6.54 Å². The lowest BCUT2D eigenvalue weighted by atomic mass is 10.2. The van der Waals surface area contributed by atoms with Crippen molar-refractivity contribution in [1.82, 2.24) is 24.6 Å². The Morgan fingerprint density at radius 2 is 2.06 bits per heavy atom. The Labute approximate surface area is 115 Å². The minimum Gasteiger partial charge on any atom is -0.312 e. The Hall–Kier alpha value is -1.05. The van der Waals surface area contributed by atoms with Crippen molar-refractivity contribution >= 4 is 23.3 Å². The third-order valence-corrected chi connectivity index (χ3v) is 3.69. The largest absolute Gasteiger partial charge is 0.312 e. The molecular formula is C11H15N5S2. The lowest BCUT2D eigenvalue weighted by Gasteiger charge is -2.06. The van der Waals surface area contributed by atoms with E-state index in [0.29, 0.717) is 11.1 Å². The maximum Gasteiger partial charge on any atom is 0.194 e. The van der Waals surface area contributed by atoms with Crippen molar-refractivity contribution in [3.05, 3.63) is 24.3 Å². The van der Waals surface area contributed by atoms with E-state index in [-0.39, 0.29) is 0 Å². The van der Waals surface area contributed by atoms with Crippen LogP contribution in [0.5, 0.6) is 0 Å². The Kier molecular flexibility index (Phi) is 5.03. The van der Waals surface area contributed by atoms with Crippen LogP contribution < -0.4 is 5.32 Å². The Morgan fingerprint density at radius 3 is 2.67 bits per heavy atom. The number of aromatic nitrogens is 4. The van der Waals surface area contributed by atoms with Crippen LogP contribution >= 0.6 is 23.3 Å². The molecule has 0 amide bonds. The average molecular weight is 281 g/mol. The zero-order valence-corrected chi connectivity index (χ0v) is 12.0. The van der Waals surface area contributed by atoms with Crippen LogP contribution in [0.3, 0.4) is 0 Å². The molecule has 2 rings (SSSR count). The maximum absolute atomic E-state index is 4.30. The number of nitrogens with one attached hydrogen (secondary N) is 1. The molecule has 0 unspecified atom stereocenters. The second-order valence-corrected chi connectivity index (χ2v) is 6.20. The van der Waals surface area contributed by atoms with E-state index in [9.17, 15) is 0 Å². The van der Waals surface area contributed by atoms with Crippen molar-refractivity contribution in [3.63, 3.8) is 0 Å². The third-order valence-electron chi connectivity index (χ3n) is 2.08. The Balaban J connectivity index is 1.85. The predicted octanol–water partition coefficient (Wildman–Crippen LogP) is 2.22. The molecule has 2 aromatic heterocycles. The topological polar surface area (TPSA) is 63.6 Å². The van der Waals surface area contributed by atoms with Gasteiger partial charge in [-0.05, 0) is 35.8 Å². The summed E-state index contributed by atoms with van der Waals surface area (Å²) in [5.41, 5.74) is 1.09. The zero-order valence-electron chi connectivity index (χ0n) is 10.3. The summed E-state index contributed by atoms with van der Waals surface area (Å²) in [6.45, 7) is 6.18. The maximum atomic E-state index is 4.30. The Bertz CT molecular complexity index is 455. The molecule has 2 aromatic rings. The summed E-state index contributed by atoms with van der Waals surface area (Å²) in [6, 6.07) is 0. The van der Waals surface area contributed by atoms with Gasteiger partial charge in [0, 0.05) is 24.5 Å². The van der Waals surface area contributed by atoms with Crippen LogP contribution in [0.25, 0.3) is 0 Å². The molecule has 0 bridgehead atoms. The number of rotatable bonds is 6. The van der Waals surface area contributed by atoms with E-state index in [1.54, 1.807) is 0 Å². The minimum absolute atomic E-state index is 0.651. The molecule has 96 valence electrons. The average Bonchev–Trinajstić information content (AvgIpc) is 2.84. The van der Waals surface area contributed by atoms with E-state index in [0.717, 1.165) is 23.0 Å². The minimum atomic E-state index is 0.651. The van der Waals surface area contributed by atoms with Gasteiger partial charge in [-0.1, -0.05) is 13.8 Å². The van der Waals surface area contributed by atoms with Crippen molar-refractivity contribution in [1.29, 1.82) is 0 Å². The molecule has 0 saturated heterocycles. The Morgan fingerprint density at radius 1 is 1.28 bits per heavy atom. The fourth-order valence-electron chi connectivity index (χ4n) is 1.28. The summed E-state index contributed by atoms with van der Waals surface area (Å²) in [6.07, 6.45) is 5.24. The van der Waals surface area contributed by atoms with Crippen LogP contribution in [0.2, 0.25) is 0 Å². The number of nitrogens with zero attached hydrogens (tertiary/aromatic N) is 4. The molecule has 0 aliphatic heterocycles. The van der Waals surface area contributed by atoms with Gasteiger partial charge in [0.15, 0.2) is 9.50 Å². The fourth-order valence-corrected chi connectivity index (χ4v) is 2.53. The van der Waals surface area contributed by atoms with E-state index in [1.807, 2.05) is 12.4 Å². The summed E-state index contributed by atoms with van der Waals surface area (Å²) in [5.74, 6) is 0.651. The quantitative estimate of drug-likeness (QED) is 0.819. The van der Waals surface area contributed by atoms with Gasteiger partial charge in [0.25, 0.3) is 0 Å². The lowest BCUT2D eigenvalue weighted by molar-refractivity contribution is 0.550. The van der Waals surface area contributed by atoms with Crippen LogP contribution in [0, 0.1) is 5.92 Å². The first kappa shape index (κ1) is 13.4. The van der Waals surface area contributed by atoms with Crippen LogP contribution in [0.4, 0.5) is 0 Å². The van der Waals surface area contributed by atoms with Gasteiger partial charge in [0.05, 0.1) is 0 Å². The molecule has 18 heavy (non-hydrogen) atoms. The molecule has 0 fully saturated rings. The second kappa shape index (κ2) is 6.77. The van der Waals surface area contributed by atoms with Crippen LogP contribution in [-0.2, 0) is 6.54 Å². The first-order valence-corrected chi connectivity index (χ1v) is 7.29. The third kappa shape index (κ3) is 4.32. The monoisotopic (exact) mass is 281 g/mol. The number of hydrogen-bond donors (Lipinski definition) is 1. The van der Waals surface area contributed by atoms with E-state index in [4.69, 9.17) is 0 Å². The molecule has 5 nitrogen and oxygen atoms in total. The van der Waals surface area contributed by atoms with Crippen molar-refractivity contribution in [2.24, 2.45) is 5.92 Å².